The van der Waals surface area contributed by atoms with Gasteiger partial charge in [-0.05, 0) is 33.6 Å². The molecule has 0 aliphatic carbocycles. The summed E-state index contributed by atoms with van der Waals surface area (Å²) in [5.74, 6) is 0. The molecule has 0 spiro atoms. The molecule has 0 radical (unpaired) electrons. The standard InChI is InChI=1S/C10H8BrN3O/c11-9-5-10(15)14(13-6-9)7-8-1-3-12-4-2-8/h1-6H,7H2. The van der Waals surface area contributed by atoms with Crippen LogP contribution in [0.2, 0.25) is 0 Å². The van der Waals surface area contributed by atoms with E-state index in [0.29, 0.717) is 11.0 Å². The first-order chi connectivity index (χ1) is 7.25. The van der Waals surface area contributed by atoms with Crippen LogP contribution in [0.1, 0.15) is 5.56 Å². The zero-order valence-corrected chi connectivity index (χ0v) is 9.39. The molecule has 0 bridgehead atoms. The Morgan fingerprint density at radius 1 is 1.33 bits per heavy atom. The van der Waals surface area contributed by atoms with Crippen LogP contribution in [0.25, 0.3) is 0 Å². The van der Waals surface area contributed by atoms with Crippen molar-refractivity contribution in [3.63, 3.8) is 0 Å². The van der Waals surface area contributed by atoms with E-state index in [1.165, 1.54) is 10.7 Å². The van der Waals surface area contributed by atoms with Gasteiger partial charge in [0.05, 0.1) is 12.7 Å². The molecule has 0 unspecified atom stereocenters. The molecular weight excluding hydrogens is 258 g/mol. The Bertz CT molecular complexity index is 510. The number of halogens is 1. The number of pyridine rings is 1. The van der Waals surface area contributed by atoms with Gasteiger partial charge in [0.2, 0.25) is 0 Å². The molecule has 0 amide bonds. The van der Waals surface area contributed by atoms with Gasteiger partial charge >= 0.3 is 0 Å². The molecule has 2 aromatic rings. The van der Waals surface area contributed by atoms with E-state index in [-0.39, 0.29) is 5.56 Å². The van der Waals surface area contributed by atoms with Gasteiger partial charge in [-0.15, -0.1) is 0 Å². The van der Waals surface area contributed by atoms with E-state index in [9.17, 15) is 4.79 Å². The van der Waals surface area contributed by atoms with Crippen LogP contribution in [0.15, 0.2) is 46.1 Å². The lowest BCUT2D eigenvalue weighted by Crippen LogP contribution is -2.22. The van der Waals surface area contributed by atoms with Gasteiger partial charge in [0.25, 0.3) is 5.56 Å². The summed E-state index contributed by atoms with van der Waals surface area (Å²) in [4.78, 5) is 15.4. The number of hydrogen-bond donors (Lipinski definition) is 0. The zero-order chi connectivity index (χ0) is 10.7. The van der Waals surface area contributed by atoms with Crippen molar-refractivity contribution < 1.29 is 0 Å². The van der Waals surface area contributed by atoms with Crippen LogP contribution < -0.4 is 5.56 Å². The molecule has 2 heterocycles. The third kappa shape index (κ3) is 2.50. The van der Waals surface area contributed by atoms with E-state index < -0.39 is 0 Å². The van der Waals surface area contributed by atoms with Crippen LogP contribution in [-0.4, -0.2) is 14.8 Å². The predicted octanol–water partition coefficient (Wildman–Crippen LogP) is 1.45. The lowest BCUT2D eigenvalue weighted by atomic mass is 10.3. The van der Waals surface area contributed by atoms with Crippen LogP contribution >= 0.6 is 15.9 Å². The molecule has 0 aliphatic rings. The highest BCUT2D eigenvalue weighted by Gasteiger charge is 1.99. The molecule has 0 saturated heterocycles. The maximum atomic E-state index is 11.5. The summed E-state index contributed by atoms with van der Waals surface area (Å²) in [5.41, 5.74) is 0.878. The van der Waals surface area contributed by atoms with Gasteiger partial charge in [-0.25, -0.2) is 4.68 Å². The molecule has 15 heavy (non-hydrogen) atoms. The van der Waals surface area contributed by atoms with Crippen molar-refractivity contribution in [2.24, 2.45) is 0 Å². The van der Waals surface area contributed by atoms with Crippen molar-refractivity contribution in [3.05, 3.63) is 57.2 Å². The lowest BCUT2D eigenvalue weighted by molar-refractivity contribution is 0.636. The summed E-state index contributed by atoms with van der Waals surface area (Å²) in [7, 11) is 0. The van der Waals surface area contributed by atoms with Crippen molar-refractivity contribution in [1.29, 1.82) is 0 Å². The zero-order valence-electron chi connectivity index (χ0n) is 7.80. The minimum absolute atomic E-state index is 0.124. The smallest absolute Gasteiger partial charge is 0.268 e. The van der Waals surface area contributed by atoms with E-state index in [2.05, 4.69) is 26.0 Å². The highest BCUT2D eigenvalue weighted by Crippen LogP contribution is 2.02. The summed E-state index contributed by atoms with van der Waals surface area (Å²) < 4.78 is 2.10. The first kappa shape index (κ1) is 10.0. The van der Waals surface area contributed by atoms with Crippen LogP contribution in [0.3, 0.4) is 0 Å². The molecule has 2 aromatic heterocycles. The molecule has 0 N–H and O–H groups in total. The van der Waals surface area contributed by atoms with Gasteiger partial charge in [-0.2, -0.15) is 5.10 Å². The number of rotatable bonds is 2. The fourth-order valence-electron chi connectivity index (χ4n) is 1.19. The number of nitrogens with zero attached hydrogens (tertiary/aromatic N) is 3. The van der Waals surface area contributed by atoms with Crippen LogP contribution in [-0.2, 0) is 6.54 Å². The van der Waals surface area contributed by atoms with E-state index in [0.717, 1.165) is 5.56 Å². The van der Waals surface area contributed by atoms with Crippen molar-refractivity contribution >= 4 is 15.9 Å². The second-order valence-electron chi connectivity index (χ2n) is 3.03. The second-order valence-corrected chi connectivity index (χ2v) is 3.94. The minimum atomic E-state index is -0.124. The van der Waals surface area contributed by atoms with Crippen LogP contribution in [0, 0.1) is 0 Å². The summed E-state index contributed by atoms with van der Waals surface area (Å²) in [6.07, 6.45) is 4.99. The molecule has 5 heteroatoms. The fraction of sp³-hybridized carbons (Fsp3) is 0.100. The summed E-state index contributed by atoms with van der Waals surface area (Å²) in [5, 5.41) is 4.01. The quantitative estimate of drug-likeness (QED) is 0.826. The van der Waals surface area contributed by atoms with Gasteiger partial charge in [0, 0.05) is 22.9 Å². The average molecular weight is 266 g/mol. The fourth-order valence-corrected chi connectivity index (χ4v) is 1.48. The number of hydrogen-bond acceptors (Lipinski definition) is 3. The van der Waals surface area contributed by atoms with E-state index in [1.54, 1.807) is 18.6 Å². The SMILES string of the molecule is O=c1cc(Br)cnn1Cc1ccncc1. The first-order valence-corrected chi connectivity index (χ1v) is 5.16. The molecule has 0 atom stereocenters. The predicted molar refractivity (Wildman–Crippen MR) is 59.5 cm³/mol. The third-order valence-corrected chi connectivity index (χ3v) is 2.35. The van der Waals surface area contributed by atoms with Gasteiger partial charge in [0.1, 0.15) is 0 Å². The van der Waals surface area contributed by atoms with Crippen molar-refractivity contribution in [2.75, 3.05) is 0 Å². The Morgan fingerprint density at radius 3 is 2.73 bits per heavy atom. The van der Waals surface area contributed by atoms with Gasteiger partial charge in [-0.3, -0.25) is 9.78 Å². The Balaban J connectivity index is 2.29. The maximum absolute atomic E-state index is 11.5. The topological polar surface area (TPSA) is 47.8 Å². The monoisotopic (exact) mass is 265 g/mol. The molecule has 0 saturated carbocycles. The van der Waals surface area contributed by atoms with Gasteiger partial charge in [-0.1, -0.05) is 0 Å². The Morgan fingerprint density at radius 2 is 2.07 bits per heavy atom. The Labute approximate surface area is 94.7 Å². The molecule has 0 aliphatic heterocycles. The van der Waals surface area contributed by atoms with Crippen LogP contribution in [0.4, 0.5) is 0 Å². The summed E-state index contributed by atoms with van der Waals surface area (Å²) in [6.45, 7) is 0.467. The molecular formula is C10H8BrN3O. The largest absolute Gasteiger partial charge is 0.268 e. The van der Waals surface area contributed by atoms with E-state index in [4.69, 9.17) is 0 Å². The molecule has 0 fully saturated rings. The average Bonchev–Trinajstić information content (AvgIpc) is 2.24. The minimum Gasteiger partial charge on any atom is -0.268 e. The van der Waals surface area contributed by atoms with Crippen molar-refractivity contribution in [1.82, 2.24) is 14.8 Å². The molecule has 0 aromatic carbocycles. The van der Waals surface area contributed by atoms with Crippen molar-refractivity contribution in [3.8, 4) is 0 Å². The highest BCUT2D eigenvalue weighted by molar-refractivity contribution is 9.10. The number of aromatic nitrogens is 3. The van der Waals surface area contributed by atoms with Crippen LogP contribution in [0.5, 0.6) is 0 Å². The van der Waals surface area contributed by atoms with Crippen molar-refractivity contribution in [2.45, 2.75) is 6.54 Å². The van der Waals surface area contributed by atoms with Gasteiger partial charge < -0.3 is 0 Å². The third-order valence-electron chi connectivity index (χ3n) is 1.92. The first-order valence-electron chi connectivity index (χ1n) is 4.37. The normalized spacial score (nSPS) is 10.2. The molecule has 4 nitrogen and oxygen atoms in total. The lowest BCUT2D eigenvalue weighted by Gasteiger charge is -2.03. The van der Waals surface area contributed by atoms with Gasteiger partial charge in [0.15, 0.2) is 0 Å². The van der Waals surface area contributed by atoms with E-state index in [1.807, 2.05) is 12.1 Å². The Hall–Kier alpha value is -1.49. The highest BCUT2D eigenvalue weighted by atomic mass is 79.9. The Kier molecular flexibility index (Phi) is 2.91. The molecule has 76 valence electrons. The summed E-state index contributed by atoms with van der Waals surface area (Å²) >= 11 is 3.20. The maximum Gasteiger partial charge on any atom is 0.268 e. The van der Waals surface area contributed by atoms with E-state index >= 15 is 0 Å². The molecule has 2 rings (SSSR count). The second kappa shape index (κ2) is 4.35. The summed E-state index contributed by atoms with van der Waals surface area (Å²) in [6, 6.07) is 5.21.